The second-order valence-corrected chi connectivity index (χ2v) is 11.4. The number of hydrogen-bond acceptors (Lipinski definition) is 4. The van der Waals surface area contributed by atoms with Crippen LogP contribution in [0.1, 0.15) is 0 Å². The summed E-state index contributed by atoms with van der Waals surface area (Å²) in [6.07, 6.45) is 0.470. The smallest absolute Gasteiger partial charge is 0.360 e. The van der Waals surface area contributed by atoms with Crippen LogP contribution >= 0.6 is 23.2 Å². The second kappa shape index (κ2) is 9.20. The van der Waals surface area contributed by atoms with E-state index in [2.05, 4.69) is 132 Å². The summed E-state index contributed by atoms with van der Waals surface area (Å²) in [5, 5.41) is 7.48. The van der Waals surface area contributed by atoms with Gasteiger partial charge in [-0.3, -0.25) is 0 Å². The minimum absolute atomic E-state index is 0.235. The van der Waals surface area contributed by atoms with Crippen molar-refractivity contribution in [2.75, 3.05) is 10.5 Å². The summed E-state index contributed by atoms with van der Waals surface area (Å²) in [6.45, 7) is 0. The van der Waals surface area contributed by atoms with Gasteiger partial charge in [0.05, 0.1) is 0 Å². The van der Waals surface area contributed by atoms with Crippen LogP contribution in [0.25, 0.3) is 22.3 Å². The average Bonchev–Trinajstić information content (AvgIpc) is 3.56. The molecule has 0 amide bonds. The second-order valence-electron chi connectivity index (χ2n) is 9.11. The van der Waals surface area contributed by atoms with Crippen molar-refractivity contribution in [1.82, 2.24) is 0 Å². The third-order valence-corrected chi connectivity index (χ3v) is 9.22. The molecule has 2 nitrogen and oxygen atoms in total. The van der Waals surface area contributed by atoms with Crippen LogP contribution < -0.4 is 21.4 Å². The van der Waals surface area contributed by atoms with Gasteiger partial charge in [-0.2, -0.15) is 0 Å². The van der Waals surface area contributed by atoms with E-state index in [1.807, 2.05) is 23.2 Å². The monoisotopic (exact) mass is 496 g/mol. The van der Waals surface area contributed by atoms with Gasteiger partial charge in [-0.15, -0.1) is 23.2 Å². The molecule has 0 radical (unpaired) electrons. The zero-order chi connectivity index (χ0) is 23.9. The van der Waals surface area contributed by atoms with Gasteiger partial charge >= 0.3 is 12.3 Å². The normalized spacial score (nSPS) is 13.7. The van der Waals surface area contributed by atoms with Crippen molar-refractivity contribution in [3.8, 4) is 22.3 Å². The molecule has 0 saturated heterocycles. The van der Waals surface area contributed by atoms with Gasteiger partial charge < -0.3 is 10.5 Å². The molecule has 0 aliphatic carbocycles. The van der Waals surface area contributed by atoms with Crippen LogP contribution in [-0.2, 0) is 0 Å². The Morgan fingerprint density at radius 3 is 1.17 bits per heavy atom. The molecule has 0 fully saturated rings. The number of benzene rings is 5. The predicted octanol–water partition coefficient (Wildman–Crippen LogP) is 6.85. The van der Waals surface area contributed by atoms with Gasteiger partial charge in [-0.05, 0) is 45.3 Å². The van der Waals surface area contributed by atoms with Crippen LogP contribution in [0.3, 0.4) is 0 Å². The number of hydrogen-bond donors (Lipinski definition) is 2. The molecule has 2 aliphatic rings. The molecule has 0 spiro atoms. The number of fused-ring (bicyclic) bond motifs is 2. The van der Waals surface area contributed by atoms with Gasteiger partial charge in [0.15, 0.2) is 0 Å². The van der Waals surface area contributed by atoms with E-state index in [1.54, 1.807) is 0 Å². The Morgan fingerprint density at radius 1 is 0.417 bits per heavy atom. The molecular weight excluding hydrogens is 474 g/mol. The van der Waals surface area contributed by atoms with E-state index in [9.17, 15) is 0 Å². The Hall–Kier alpha value is -3.47. The Balaban J connectivity index is 1.05. The maximum absolute atomic E-state index is 3.74. The summed E-state index contributed by atoms with van der Waals surface area (Å²) in [7, 11) is 0. The molecule has 2 heterocycles. The molecule has 0 bridgehead atoms. The molecule has 7 rings (SSSR count). The van der Waals surface area contributed by atoms with Crippen molar-refractivity contribution in [3.63, 3.8) is 0 Å². The van der Waals surface area contributed by atoms with Gasteiger partial charge in [-0.25, -0.2) is 0 Å². The minimum Gasteiger partial charge on any atom is -0.414 e. The van der Waals surface area contributed by atoms with E-state index in [0.717, 1.165) is 0 Å². The van der Waals surface area contributed by atoms with Gasteiger partial charge in [-0.1, -0.05) is 109 Å². The molecule has 2 N–H and O–H groups in total. The summed E-state index contributed by atoms with van der Waals surface area (Å²) in [5.41, 5.74) is 10.1. The summed E-state index contributed by atoms with van der Waals surface area (Å²) < 4.78 is 0. The van der Waals surface area contributed by atoms with Gasteiger partial charge in [0.25, 0.3) is 0 Å². The van der Waals surface area contributed by atoms with Crippen LogP contribution in [0.5, 0.6) is 0 Å². The lowest BCUT2D eigenvalue weighted by atomic mass is 9.79. The summed E-state index contributed by atoms with van der Waals surface area (Å²) in [5.74, 6) is 0. The Bertz CT molecular complexity index is 1380. The van der Waals surface area contributed by atoms with Crippen LogP contribution in [-0.4, -0.2) is 12.3 Å². The Morgan fingerprint density at radius 2 is 0.778 bits per heavy atom. The van der Waals surface area contributed by atoms with E-state index in [0.29, 0.717) is 0 Å². The molecule has 0 aromatic heterocycles. The first kappa shape index (κ1) is 21.8. The summed E-state index contributed by atoms with van der Waals surface area (Å²) in [6, 6.07) is 43.6. The lowest BCUT2D eigenvalue weighted by Crippen LogP contribution is -2.32. The van der Waals surface area contributed by atoms with E-state index in [4.69, 9.17) is 0 Å². The molecule has 6 heteroatoms. The predicted molar refractivity (Wildman–Crippen MR) is 160 cm³/mol. The van der Waals surface area contributed by atoms with Gasteiger partial charge in [0, 0.05) is 21.2 Å². The molecule has 5 aromatic carbocycles. The van der Waals surface area contributed by atoms with Gasteiger partial charge in [0.2, 0.25) is 0 Å². The molecule has 5 aromatic rings. The van der Waals surface area contributed by atoms with E-state index >= 15 is 0 Å². The van der Waals surface area contributed by atoms with Crippen molar-refractivity contribution >= 4 is 57.8 Å². The zero-order valence-corrected chi connectivity index (χ0v) is 21.2. The van der Waals surface area contributed by atoms with E-state index in [1.165, 1.54) is 54.3 Å². The lowest BCUT2D eigenvalue weighted by Gasteiger charge is -2.08. The number of rotatable bonds is 4. The molecule has 2 aliphatic heterocycles. The first-order valence-corrected chi connectivity index (χ1v) is 13.9. The van der Waals surface area contributed by atoms with Crippen molar-refractivity contribution in [3.05, 3.63) is 121 Å². The van der Waals surface area contributed by atoms with Crippen molar-refractivity contribution in [2.45, 2.75) is 9.79 Å². The summed E-state index contributed by atoms with van der Waals surface area (Å²) in [4.78, 5) is 2.61. The molecule has 0 saturated carbocycles. The third-order valence-electron chi connectivity index (χ3n) is 6.79. The quantitative estimate of drug-likeness (QED) is 0.266. The van der Waals surface area contributed by atoms with Crippen molar-refractivity contribution in [2.24, 2.45) is 0 Å². The van der Waals surface area contributed by atoms with Gasteiger partial charge in [0.1, 0.15) is 0 Å². The third kappa shape index (κ3) is 4.11. The highest BCUT2D eigenvalue weighted by atomic mass is 32.2. The van der Waals surface area contributed by atoms with Crippen LogP contribution in [0.4, 0.5) is 11.4 Å². The molecule has 36 heavy (non-hydrogen) atoms. The zero-order valence-electron chi connectivity index (χ0n) is 19.5. The van der Waals surface area contributed by atoms with Crippen LogP contribution in [0.15, 0.2) is 131 Å². The molecule has 0 atom stereocenters. The number of nitrogens with one attached hydrogen (secondary N) is 2. The van der Waals surface area contributed by atoms with Crippen molar-refractivity contribution < 1.29 is 0 Å². The largest absolute Gasteiger partial charge is 0.414 e. The SMILES string of the molecule is c1ccc(-c2ccc(B3Nc4cc5c(cc4S3)NB(c3ccc(-c4ccccc4)cc3)S5)cc2)cc1. The number of anilines is 2. The summed E-state index contributed by atoms with van der Waals surface area (Å²) >= 11 is 3.79. The fourth-order valence-electron chi connectivity index (χ4n) is 4.84. The maximum Gasteiger partial charge on any atom is 0.360 e. The van der Waals surface area contributed by atoms with Crippen LogP contribution in [0.2, 0.25) is 0 Å². The standard InChI is InChI=1S/C30H22B2N2S2/c1-3-7-21(8-4-1)23-11-15-25(16-12-23)31-33-27-19-30-28(20-29(27)35-31)34-32(36-30)26-17-13-24(14-18-26)22-9-5-2-6-10-22/h1-20,33-34H. The highest BCUT2D eigenvalue weighted by Gasteiger charge is 2.33. The fraction of sp³-hybridized carbons (Fsp3) is 0. The Kier molecular flexibility index (Phi) is 5.56. The molecule has 0 unspecified atom stereocenters. The molecular formula is C30H22B2N2S2. The topological polar surface area (TPSA) is 24.1 Å². The lowest BCUT2D eigenvalue weighted by molar-refractivity contribution is 1.38. The Labute approximate surface area is 220 Å². The van der Waals surface area contributed by atoms with E-state index in [-0.39, 0.29) is 12.3 Å². The fourth-order valence-corrected chi connectivity index (χ4v) is 7.17. The van der Waals surface area contributed by atoms with Crippen LogP contribution in [0, 0.1) is 0 Å². The van der Waals surface area contributed by atoms with E-state index < -0.39 is 0 Å². The first-order chi connectivity index (χ1) is 17.8. The first-order valence-electron chi connectivity index (χ1n) is 12.2. The highest BCUT2D eigenvalue weighted by Crippen LogP contribution is 2.46. The average molecular weight is 496 g/mol. The highest BCUT2D eigenvalue weighted by molar-refractivity contribution is 8.28. The maximum atomic E-state index is 3.74. The minimum atomic E-state index is 0.235. The van der Waals surface area contributed by atoms with Crippen molar-refractivity contribution in [1.29, 1.82) is 0 Å². The molecule has 170 valence electrons.